The van der Waals surface area contributed by atoms with Crippen LogP contribution >= 0.6 is 0 Å². The minimum absolute atomic E-state index is 0.118. The molecule has 0 amide bonds. The first kappa shape index (κ1) is 11.2. The monoisotopic (exact) mass is 197 g/mol. The summed E-state index contributed by atoms with van der Waals surface area (Å²) in [6.45, 7) is 5.78. The van der Waals surface area contributed by atoms with Crippen LogP contribution in [0.2, 0.25) is 0 Å². The van der Waals surface area contributed by atoms with Crippen molar-refractivity contribution >= 4 is 5.97 Å². The highest BCUT2D eigenvalue weighted by atomic mass is 16.4. The average Bonchev–Trinajstić information content (AvgIpc) is 2.18. The Morgan fingerprint density at radius 3 is 2.50 bits per heavy atom. The fraction of sp³-hybridized carbons (Fsp3) is 0.727. The van der Waals surface area contributed by atoms with E-state index in [1.54, 1.807) is 0 Å². The second kappa shape index (κ2) is 5.15. The quantitative estimate of drug-likeness (QED) is 0.675. The predicted octanol–water partition coefficient (Wildman–Crippen LogP) is 1.79. The van der Waals surface area contributed by atoms with Gasteiger partial charge >= 0.3 is 5.97 Å². The summed E-state index contributed by atoms with van der Waals surface area (Å²) in [6.07, 6.45) is 5.42. The first-order valence-electron chi connectivity index (χ1n) is 5.25. The van der Waals surface area contributed by atoms with Gasteiger partial charge in [0.25, 0.3) is 0 Å². The molecule has 3 heteroatoms. The van der Waals surface area contributed by atoms with Crippen molar-refractivity contribution < 1.29 is 9.90 Å². The Hall–Kier alpha value is -0.830. The fourth-order valence-corrected chi connectivity index (χ4v) is 1.95. The van der Waals surface area contributed by atoms with Crippen LogP contribution in [-0.4, -0.2) is 23.2 Å². The van der Waals surface area contributed by atoms with Gasteiger partial charge in [-0.3, -0.25) is 4.79 Å². The number of aliphatic carboxylic acids is 1. The number of carboxylic acid groups (broad SMARTS) is 1. The van der Waals surface area contributed by atoms with Gasteiger partial charge in [0, 0.05) is 12.1 Å². The molecule has 1 saturated carbocycles. The Morgan fingerprint density at radius 2 is 2.07 bits per heavy atom. The number of nitrogens with one attached hydrogen (secondary N) is 1. The van der Waals surface area contributed by atoms with Crippen LogP contribution in [-0.2, 0) is 4.79 Å². The number of carboxylic acids is 1. The summed E-state index contributed by atoms with van der Waals surface area (Å²) < 4.78 is 0. The van der Waals surface area contributed by atoms with E-state index in [-0.39, 0.29) is 5.92 Å². The molecule has 0 aliphatic heterocycles. The second-order valence-electron chi connectivity index (χ2n) is 4.08. The summed E-state index contributed by atoms with van der Waals surface area (Å²) in [5, 5.41) is 12.2. The van der Waals surface area contributed by atoms with Gasteiger partial charge in [0.05, 0.1) is 5.92 Å². The molecule has 14 heavy (non-hydrogen) atoms. The van der Waals surface area contributed by atoms with Crippen molar-refractivity contribution in [2.75, 3.05) is 0 Å². The Balaban J connectivity index is 2.28. The third-order valence-electron chi connectivity index (χ3n) is 2.93. The summed E-state index contributed by atoms with van der Waals surface area (Å²) in [7, 11) is 0. The first-order valence-corrected chi connectivity index (χ1v) is 5.25. The molecule has 1 aliphatic carbocycles. The topological polar surface area (TPSA) is 49.3 Å². The van der Waals surface area contributed by atoms with Gasteiger partial charge in [-0.1, -0.05) is 6.08 Å². The smallest absolute Gasteiger partial charge is 0.306 e. The van der Waals surface area contributed by atoms with E-state index in [4.69, 9.17) is 5.11 Å². The molecule has 80 valence electrons. The maximum atomic E-state index is 10.7. The van der Waals surface area contributed by atoms with Gasteiger partial charge in [-0.2, -0.15) is 0 Å². The van der Waals surface area contributed by atoms with Crippen molar-refractivity contribution in [3.8, 4) is 0 Å². The van der Waals surface area contributed by atoms with E-state index in [1.165, 1.54) is 0 Å². The molecule has 0 bridgehead atoms. The second-order valence-corrected chi connectivity index (χ2v) is 4.08. The lowest BCUT2D eigenvalue weighted by Gasteiger charge is -2.28. The molecule has 1 fully saturated rings. The molecule has 0 aromatic heterocycles. The summed E-state index contributed by atoms with van der Waals surface area (Å²) in [6, 6.07) is 0.792. The highest BCUT2D eigenvalue weighted by Crippen LogP contribution is 2.24. The molecular weight excluding hydrogens is 178 g/mol. The lowest BCUT2D eigenvalue weighted by molar-refractivity contribution is -0.142. The van der Waals surface area contributed by atoms with Gasteiger partial charge in [0.2, 0.25) is 0 Å². The highest BCUT2D eigenvalue weighted by molar-refractivity contribution is 5.70. The van der Waals surface area contributed by atoms with E-state index in [2.05, 4.69) is 18.8 Å². The predicted molar refractivity (Wildman–Crippen MR) is 56.2 cm³/mol. The standard InChI is InChI=1S/C11H19NO2/c1-3-8(2)12-10-6-4-9(5-7-10)11(13)14/h3,8-10,12H,1,4-7H2,2H3,(H,13,14). The Kier molecular flexibility index (Phi) is 4.14. The zero-order valence-electron chi connectivity index (χ0n) is 8.70. The van der Waals surface area contributed by atoms with Gasteiger partial charge in [0.1, 0.15) is 0 Å². The SMILES string of the molecule is C=CC(C)NC1CCC(C(=O)O)CC1. The molecular formula is C11H19NO2. The Morgan fingerprint density at radius 1 is 1.50 bits per heavy atom. The van der Waals surface area contributed by atoms with Gasteiger partial charge < -0.3 is 10.4 Å². The zero-order chi connectivity index (χ0) is 10.6. The molecule has 3 nitrogen and oxygen atoms in total. The first-order chi connectivity index (χ1) is 6.63. The fourth-order valence-electron chi connectivity index (χ4n) is 1.95. The third-order valence-corrected chi connectivity index (χ3v) is 2.93. The van der Waals surface area contributed by atoms with Crippen LogP contribution in [0.1, 0.15) is 32.6 Å². The minimum Gasteiger partial charge on any atom is -0.481 e. The Labute approximate surface area is 85.2 Å². The number of rotatable bonds is 4. The molecule has 0 heterocycles. The summed E-state index contributed by atoms with van der Waals surface area (Å²) in [4.78, 5) is 10.7. The molecule has 1 aliphatic rings. The van der Waals surface area contributed by atoms with Crippen LogP contribution < -0.4 is 5.32 Å². The Bertz CT molecular complexity index is 207. The van der Waals surface area contributed by atoms with E-state index < -0.39 is 5.97 Å². The van der Waals surface area contributed by atoms with Crippen molar-refractivity contribution in [1.82, 2.24) is 5.32 Å². The molecule has 0 aromatic rings. The maximum absolute atomic E-state index is 10.7. The molecule has 2 N–H and O–H groups in total. The van der Waals surface area contributed by atoms with Crippen LogP contribution in [0.15, 0.2) is 12.7 Å². The normalized spacial score (nSPS) is 29.5. The van der Waals surface area contributed by atoms with Crippen molar-refractivity contribution in [1.29, 1.82) is 0 Å². The number of hydrogen-bond donors (Lipinski definition) is 2. The van der Waals surface area contributed by atoms with Gasteiger partial charge in [-0.05, 0) is 32.6 Å². The van der Waals surface area contributed by atoms with E-state index in [0.717, 1.165) is 25.7 Å². The third kappa shape index (κ3) is 3.14. The van der Waals surface area contributed by atoms with Crippen LogP contribution in [0.3, 0.4) is 0 Å². The van der Waals surface area contributed by atoms with E-state index in [9.17, 15) is 4.79 Å². The largest absolute Gasteiger partial charge is 0.481 e. The van der Waals surface area contributed by atoms with Crippen molar-refractivity contribution in [2.24, 2.45) is 5.92 Å². The number of carbonyl (C=O) groups is 1. The van der Waals surface area contributed by atoms with Crippen LogP contribution in [0.4, 0.5) is 0 Å². The lowest BCUT2D eigenvalue weighted by atomic mass is 9.86. The summed E-state index contributed by atoms with van der Waals surface area (Å²) in [5.41, 5.74) is 0. The zero-order valence-corrected chi connectivity index (χ0v) is 8.70. The molecule has 1 atom stereocenters. The van der Waals surface area contributed by atoms with Crippen molar-refractivity contribution in [2.45, 2.75) is 44.7 Å². The number of hydrogen-bond acceptors (Lipinski definition) is 2. The van der Waals surface area contributed by atoms with Crippen LogP contribution in [0, 0.1) is 5.92 Å². The van der Waals surface area contributed by atoms with Gasteiger partial charge in [-0.15, -0.1) is 6.58 Å². The lowest BCUT2D eigenvalue weighted by Crippen LogP contribution is -2.39. The van der Waals surface area contributed by atoms with E-state index >= 15 is 0 Å². The average molecular weight is 197 g/mol. The van der Waals surface area contributed by atoms with Crippen LogP contribution in [0.5, 0.6) is 0 Å². The molecule has 0 saturated heterocycles. The molecule has 0 spiro atoms. The maximum Gasteiger partial charge on any atom is 0.306 e. The van der Waals surface area contributed by atoms with Crippen molar-refractivity contribution in [3.05, 3.63) is 12.7 Å². The van der Waals surface area contributed by atoms with Crippen LogP contribution in [0.25, 0.3) is 0 Å². The summed E-state index contributed by atoms with van der Waals surface area (Å²) in [5.74, 6) is -0.757. The molecule has 0 aromatic carbocycles. The van der Waals surface area contributed by atoms with Gasteiger partial charge in [-0.25, -0.2) is 0 Å². The van der Waals surface area contributed by atoms with Gasteiger partial charge in [0.15, 0.2) is 0 Å². The molecule has 1 unspecified atom stereocenters. The highest BCUT2D eigenvalue weighted by Gasteiger charge is 2.25. The minimum atomic E-state index is -0.639. The van der Waals surface area contributed by atoms with E-state index in [0.29, 0.717) is 12.1 Å². The molecule has 1 rings (SSSR count). The van der Waals surface area contributed by atoms with E-state index in [1.807, 2.05) is 6.08 Å². The van der Waals surface area contributed by atoms with Crippen molar-refractivity contribution in [3.63, 3.8) is 0 Å². The summed E-state index contributed by atoms with van der Waals surface area (Å²) >= 11 is 0. The molecule has 0 radical (unpaired) electrons.